The first-order chi connectivity index (χ1) is 18.2. The summed E-state index contributed by atoms with van der Waals surface area (Å²) in [7, 11) is 0. The summed E-state index contributed by atoms with van der Waals surface area (Å²) in [5.41, 5.74) is 11.7. The molecule has 0 aromatic heterocycles. The summed E-state index contributed by atoms with van der Waals surface area (Å²) in [5.74, 6) is 1.51. The molecule has 4 aromatic carbocycles. The van der Waals surface area contributed by atoms with Crippen molar-refractivity contribution in [3.8, 4) is 0 Å². The summed E-state index contributed by atoms with van der Waals surface area (Å²) in [6, 6.07) is 26.5. The van der Waals surface area contributed by atoms with Crippen LogP contribution in [-0.2, 0) is 0 Å². The van der Waals surface area contributed by atoms with Gasteiger partial charge in [-0.1, -0.05) is 128 Å². The Labute approximate surface area is 228 Å². The Balaban J connectivity index is 1.88. The lowest BCUT2D eigenvalue weighted by Gasteiger charge is -2.19. The first kappa shape index (κ1) is 26.1. The van der Waals surface area contributed by atoms with E-state index in [2.05, 4.69) is 128 Å². The van der Waals surface area contributed by atoms with E-state index in [4.69, 9.17) is 9.98 Å². The highest BCUT2D eigenvalue weighted by Crippen LogP contribution is 2.41. The van der Waals surface area contributed by atoms with Crippen LogP contribution in [0.1, 0.15) is 112 Å². The van der Waals surface area contributed by atoms with Crippen molar-refractivity contribution < 1.29 is 0 Å². The second-order valence-corrected chi connectivity index (χ2v) is 11.8. The minimum absolute atomic E-state index is 0.377. The highest BCUT2D eigenvalue weighted by atomic mass is 14.8. The topological polar surface area (TPSA) is 24.7 Å². The molecule has 38 heavy (non-hydrogen) atoms. The van der Waals surface area contributed by atoms with Crippen LogP contribution < -0.4 is 0 Å². The van der Waals surface area contributed by atoms with E-state index in [0.717, 1.165) is 22.8 Å². The molecule has 2 heteroatoms. The molecule has 1 aliphatic rings. The van der Waals surface area contributed by atoms with Gasteiger partial charge in [0.1, 0.15) is 0 Å². The molecule has 0 saturated carbocycles. The normalized spacial score (nSPS) is 15.4. The van der Waals surface area contributed by atoms with E-state index >= 15 is 0 Å². The van der Waals surface area contributed by atoms with Crippen molar-refractivity contribution in [2.45, 2.75) is 79.1 Å². The van der Waals surface area contributed by atoms with Crippen molar-refractivity contribution in [3.63, 3.8) is 0 Å². The van der Waals surface area contributed by atoms with Gasteiger partial charge in [-0.3, -0.25) is 0 Å². The van der Waals surface area contributed by atoms with E-state index in [9.17, 15) is 0 Å². The van der Waals surface area contributed by atoms with Crippen molar-refractivity contribution in [2.24, 2.45) is 9.98 Å². The van der Waals surface area contributed by atoms with Gasteiger partial charge in [0.05, 0.1) is 22.8 Å². The molecule has 0 heterocycles. The van der Waals surface area contributed by atoms with Gasteiger partial charge < -0.3 is 0 Å². The number of aliphatic imine (C=N–C) groups is 2. The van der Waals surface area contributed by atoms with E-state index in [1.165, 1.54) is 44.2 Å². The zero-order valence-corrected chi connectivity index (χ0v) is 24.1. The molecule has 0 fully saturated rings. The molecule has 0 unspecified atom stereocenters. The SMILES string of the molecule is CC(C)c1cccc(C(C)C)c1N=C1C(=Nc2c(C(C)C)cccc2C(C)C)c2cccc3cccc1c23. The van der Waals surface area contributed by atoms with Crippen LogP contribution in [0.3, 0.4) is 0 Å². The third kappa shape index (κ3) is 4.51. The summed E-state index contributed by atoms with van der Waals surface area (Å²) < 4.78 is 0. The molecule has 5 rings (SSSR count). The fraction of sp³-hybridized carbons (Fsp3) is 0.333. The summed E-state index contributed by atoms with van der Waals surface area (Å²) in [6.07, 6.45) is 0. The molecule has 0 bridgehead atoms. The van der Waals surface area contributed by atoms with Crippen LogP contribution in [0.15, 0.2) is 82.8 Å². The van der Waals surface area contributed by atoms with E-state index in [1.54, 1.807) is 0 Å². The molecule has 0 amide bonds. The van der Waals surface area contributed by atoms with Crippen LogP contribution in [0, 0.1) is 0 Å². The number of hydrogen-bond acceptors (Lipinski definition) is 2. The fourth-order valence-electron chi connectivity index (χ4n) is 5.72. The molecule has 0 aliphatic heterocycles. The average Bonchev–Trinajstić information content (AvgIpc) is 3.17. The molecule has 0 N–H and O–H groups in total. The van der Waals surface area contributed by atoms with Gasteiger partial charge in [-0.05, 0) is 51.3 Å². The molecule has 4 aromatic rings. The number of rotatable bonds is 6. The standard InChI is InChI=1S/C36H40N2/c1-21(2)26-15-11-16-27(22(3)4)33(26)37-35-30-19-9-13-25-14-10-20-31(32(25)30)36(35)38-34-28(23(5)6)17-12-18-29(34)24(7)8/h9-24H,1-8H3. The Morgan fingerprint density at radius 3 is 1.05 bits per heavy atom. The molecule has 194 valence electrons. The Hall–Kier alpha value is -3.52. The van der Waals surface area contributed by atoms with Crippen molar-refractivity contribution in [3.05, 3.63) is 106 Å². The smallest absolute Gasteiger partial charge is 0.0979 e. The maximum atomic E-state index is 5.55. The van der Waals surface area contributed by atoms with Gasteiger partial charge in [0.15, 0.2) is 0 Å². The minimum atomic E-state index is 0.377. The second-order valence-electron chi connectivity index (χ2n) is 11.8. The molecule has 0 saturated heterocycles. The molecule has 0 spiro atoms. The van der Waals surface area contributed by atoms with Crippen LogP contribution in [0.25, 0.3) is 10.8 Å². The van der Waals surface area contributed by atoms with E-state index in [-0.39, 0.29) is 0 Å². The maximum absolute atomic E-state index is 5.55. The molecule has 0 radical (unpaired) electrons. The van der Waals surface area contributed by atoms with E-state index < -0.39 is 0 Å². The van der Waals surface area contributed by atoms with Crippen LogP contribution in [-0.4, -0.2) is 11.4 Å². The summed E-state index contributed by atoms with van der Waals surface area (Å²) in [5, 5.41) is 2.49. The first-order valence-corrected chi connectivity index (χ1v) is 14.1. The number of hydrogen-bond donors (Lipinski definition) is 0. The van der Waals surface area contributed by atoms with Gasteiger partial charge in [-0.25, -0.2) is 9.98 Å². The van der Waals surface area contributed by atoms with Gasteiger partial charge in [-0.2, -0.15) is 0 Å². The van der Waals surface area contributed by atoms with Crippen LogP contribution in [0.4, 0.5) is 11.4 Å². The van der Waals surface area contributed by atoms with E-state index in [0.29, 0.717) is 23.7 Å². The quantitative estimate of drug-likeness (QED) is 0.251. The lowest BCUT2D eigenvalue weighted by Crippen LogP contribution is -2.12. The van der Waals surface area contributed by atoms with Crippen LogP contribution >= 0.6 is 0 Å². The predicted molar refractivity (Wildman–Crippen MR) is 166 cm³/mol. The molecule has 1 aliphatic carbocycles. The van der Waals surface area contributed by atoms with Crippen molar-refractivity contribution in [1.29, 1.82) is 0 Å². The lowest BCUT2D eigenvalue weighted by atomic mass is 9.92. The zero-order chi connectivity index (χ0) is 27.1. The van der Waals surface area contributed by atoms with Crippen molar-refractivity contribution in [2.75, 3.05) is 0 Å². The summed E-state index contributed by atoms with van der Waals surface area (Å²) in [6.45, 7) is 18.1. The summed E-state index contributed by atoms with van der Waals surface area (Å²) >= 11 is 0. The van der Waals surface area contributed by atoms with Gasteiger partial charge in [-0.15, -0.1) is 0 Å². The molecular formula is C36H40N2. The Kier molecular flexibility index (Phi) is 7.09. The first-order valence-electron chi connectivity index (χ1n) is 14.1. The van der Waals surface area contributed by atoms with Gasteiger partial charge >= 0.3 is 0 Å². The third-order valence-corrected chi connectivity index (χ3v) is 7.77. The Morgan fingerprint density at radius 1 is 0.421 bits per heavy atom. The fourth-order valence-corrected chi connectivity index (χ4v) is 5.72. The minimum Gasteiger partial charge on any atom is -0.245 e. The van der Waals surface area contributed by atoms with Gasteiger partial charge in [0, 0.05) is 16.5 Å². The van der Waals surface area contributed by atoms with E-state index in [1.807, 2.05) is 0 Å². The second kappa shape index (κ2) is 10.3. The van der Waals surface area contributed by atoms with Gasteiger partial charge in [0.2, 0.25) is 0 Å². The number of para-hydroxylation sites is 2. The predicted octanol–water partition coefficient (Wildman–Crippen LogP) is 10.6. The van der Waals surface area contributed by atoms with Crippen molar-refractivity contribution in [1.82, 2.24) is 0 Å². The number of nitrogens with zero attached hydrogens (tertiary/aromatic N) is 2. The maximum Gasteiger partial charge on any atom is 0.0979 e. The Morgan fingerprint density at radius 2 is 0.737 bits per heavy atom. The third-order valence-electron chi connectivity index (χ3n) is 7.77. The monoisotopic (exact) mass is 500 g/mol. The molecular weight excluding hydrogens is 460 g/mol. The molecule has 2 nitrogen and oxygen atoms in total. The molecule has 0 atom stereocenters. The average molecular weight is 501 g/mol. The van der Waals surface area contributed by atoms with Crippen LogP contribution in [0.2, 0.25) is 0 Å². The van der Waals surface area contributed by atoms with Crippen molar-refractivity contribution >= 4 is 33.6 Å². The highest BCUT2D eigenvalue weighted by molar-refractivity contribution is 6.61. The largest absolute Gasteiger partial charge is 0.245 e. The van der Waals surface area contributed by atoms with Gasteiger partial charge in [0.25, 0.3) is 0 Å². The summed E-state index contributed by atoms with van der Waals surface area (Å²) in [4.78, 5) is 11.1. The lowest BCUT2D eigenvalue weighted by molar-refractivity contribution is 0.834. The number of benzene rings is 4. The van der Waals surface area contributed by atoms with Crippen LogP contribution in [0.5, 0.6) is 0 Å². The highest BCUT2D eigenvalue weighted by Gasteiger charge is 2.29. The Bertz CT molecular complexity index is 1400. The zero-order valence-electron chi connectivity index (χ0n) is 24.1.